The zero-order valence-electron chi connectivity index (χ0n) is 14.4. The molecule has 0 spiro atoms. The van der Waals surface area contributed by atoms with E-state index in [1.165, 1.54) is 6.07 Å². The van der Waals surface area contributed by atoms with Gasteiger partial charge in [-0.2, -0.15) is 18.4 Å². The number of aliphatic hydroxyl groups is 1. The number of nitrogens with zero attached hydrogens (tertiary/aromatic N) is 2. The van der Waals surface area contributed by atoms with Crippen molar-refractivity contribution in [2.75, 3.05) is 4.90 Å². The van der Waals surface area contributed by atoms with Crippen molar-refractivity contribution in [2.24, 2.45) is 11.8 Å². The summed E-state index contributed by atoms with van der Waals surface area (Å²) in [6.07, 6.45) is -5.59. The normalized spacial score (nSPS) is 37.7. The first-order valence-electron chi connectivity index (χ1n) is 8.31. The highest BCUT2D eigenvalue weighted by Crippen LogP contribution is 2.61. The second-order valence-electron chi connectivity index (χ2n) is 7.63. The fourth-order valence-electron chi connectivity index (χ4n) is 4.78. The van der Waals surface area contributed by atoms with Gasteiger partial charge in [0.15, 0.2) is 0 Å². The minimum Gasteiger partial charge on any atom is -0.390 e. The lowest BCUT2D eigenvalue weighted by Crippen LogP contribution is -2.49. The van der Waals surface area contributed by atoms with E-state index in [0.29, 0.717) is 6.07 Å². The molecule has 0 saturated carbocycles. The van der Waals surface area contributed by atoms with E-state index in [-0.39, 0.29) is 12.1 Å². The van der Waals surface area contributed by atoms with Crippen LogP contribution in [0.1, 0.15) is 31.4 Å². The molecular formula is C18H15F3N2O4. The van der Waals surface area contributed by atoms with Gasteiger partial charge in [0.2, 0.25) is 11.8 Å². The number of rotatable bonds is 1. The average Bonchev–Trinajstić information content (AvgIpc) is 3.07. The maximum Gasteiger partial charge on any atom is 0.417 e. The third-order valence-corrected chi connectivity index (χ3v) is 5.98. The molecule has 142 valence electrons. The molecule has 3 aliphatic rings. The molecule has 2 bridgehead atoms. The van der Waals surface area contributed by atoms with Crippen LogP contribution in [0.15, 0.2) is 18.2 Å². The van der Waals surface area contributed by atoms with Crippen LogP contribution in [0.4, 0.5) is 18.9 Å². The number of carbonyl (C=O) groups excluding carboxylic acids is 2. The highest BCUT2D eigenvalue weighted by Gasteiger charge is 2.75. The topological polar surface area (TPSA) is 90.6 Å². The summed E-state index contributed by atoms with van der Waals surface area (Å²) < 4.78 is 45.6. The number of hydrogen-bond donors (Lipinski definition) is 1. The molecular weight excluding hydrogens is 365 g/mol. The van der Waals surface area contributed by atoms with Crippen LogP contribution in [0.25, 0.3) is 0 Å². The summed E-state index contributed by atoms with van der Waals surface area (Å²) in [7, 11) is 0. The van der Waals surface area contributed by atoms with Crippen LogP contribution in [0.3, 0.4) is 0 Å². The largest absolute Gasteiger partial charge is 0.417 e. The predicted octanol–water partition coefficient (Wildman–Crippen LogP) is 1.99. The van der Waals surface area contributed by atoms with E-state index in [9.17, 15) is 27.9 Å². The minimum absolute atomic E-state index is 0.165. The van der Waals surface area contributed by atoms with Gasteiger partial charge in [0.05, 0.1) is 46.4 Å². The van der Waals surface area contributed by atoms with Crippen molar-refractivity contribution in [1.29, 1.82) is 5.26 Å². The van der Waals surface area contributed by atoms with E-state index in [1.807, 2.05) is 0 Å². The highest BCUT2D eigenvalue weighted by molar-refractivity contribution is 6.23. The molecule has 1 aromatic rings. The molecule has 3 saturated heterocycles. The van der Waals surface area contributed by atoms with Crippen molar-refractivity contribution in [3.8, 4) is 6.07 Å². The quantitative estimate of drug-likeness (QED) is 0.753. The fourth-order valence-corrected chi connectivity index (χ4v) is 4.78. The Morgan fingerprint density at radius 3 is 2.48 bits per heavy atom. The summed E-state index contributed by atoms with van der Waals surface area (Å²) in [5.74, 6) is -3.19. The molecule has 1 aromatic carbocycles. The lowest BCUT2D eigenvalue weighted by Gasteiger charge is -2.31. The standard InChI is InChI=1S/C18H15F3N2O4/c1-16-6-11(24)17(2,27-16)13-12(16)14(25)23(15(13)26)9-4-3-8(7-22)10(5-9)18(19,20)21/h3-5,11-13,24H,6H2,1-2H3/t11-,12+,13+,16+,17-/m1/s1. The molecule has 2 amide bonds. The van der Waals surface area contributed by atoms with Gasteiger partial charge in [-0.15, -0.1) is 0 Å². The zero-order chi connectivity index (χ0) is 19.9. The van der Waals surface area contributed by atoms with Gasteiger partial charge in [0, 0.05) is 6.42 Å². The van der Waals surface area contributed by atoms with Crippen molar-refractivity contribution in [3.63, 3.8) is 0 Å². The molecule has 3 fully saturated rings. The van der Waals surface area contributed by atoms with Crippen LogP contribution in [0.2, 0.25) is 0 Å². The van der Waals surface area contributed by atoms with Crippen molar-refractivity contribution in [3.05, 3.63) is 29.3 Å². The van der Waals surface area contributed by atoms with Crippen LogP contribution in [0, 0.1) is 23.2 Å². The Morgan fingerprint density at radius 1 is 1.26 bits per heavy atom. The monoisotopic (exact) mass is 380 g/mol. The van der Waals surface area contributed by atoms with E-state index < -0.39 is 58.3 Å². The number of benzene rings is 1. The Bertz CT molecular complexity index is 924. The summed E-state index contributed by atoms with van der Waals surface area (Å²) in [5, 5.41) is 19.2. The number of imide groups is 1. The fraction of sp³-hybridized carbons (Fsp3) is 0.500. The van der Waals surface area contributed by atoms with Crippen molar-refractivity contribution in [2.45, 2.75) is 43.8 Å². The van der Waals surface area contributed by atoms with Crippen LogP contribution in [-0.2, 0) is 20.5 Å². The van der Waals surface area contributed by atoms with Gasteiger partial charge < -0.3 is 9.84 Å². The second kappa shape index (κ2) is 5.09. The molecule has 0 unspecified atom stereocenters. The molecule has 6 nitrogen and oxygen atoms in total. The first kappa shape index (κ1) is 17.9. The third kappa shape index (κ3) is 2.14. The molecule has 3 aliphatic heterocycles. The highest BCUT2D eigenvalue weighted by atomic mass is 19.4. The van der Waals surface area contributed by atoms with E-state index in [0.717, 1.165) is 17.0 Å². The maximum absolute atomic E-state index is 13.2. The van der Waals surface area contributed by atoms with E-state index in [4.69, 9.17) is 10.00 Å². The molecule has 0 aliphatic carbocycles. The lowest BCUT2D eigenvalue weighted by molar-refractivity contribution is -0.138. The smallest absolute Gasteiger partial charge is 0.390 e. The molecule has 0 radical (unpaired) electrons. The van der Waals surface area contributed by atoms with Crippen molar-refractivity contribution in [1.82, 2.24) is 0 Å². The molecule has 27 heavy (non-hydrogen) atoms. The van der Waals surface area contributed by atoms with E-state index >= 15 is 0 Å². The molecule has 5 atom stereocenters. The average molecular weight is 380 g/mol. The molecule has 4 rings (SSSR count). The third-order valence-electron chi connectivity index (χ3n) is 5.98. The lowest BCUT2D eigenvalue weighted by atomic mass is 9.67. The van der Waals surface area contributed by atoms with Crippen LogP contribution in [-0.4, -0.2) is 34.2 Å². The Labute approximate surface area is 152 Å². The van der Waals surface area contributed by atoms with Gasteiger partial charge in [-0.1, -0.05) is 0 Å². The Kier molecular flexibility index (Phi) is 3.38. The summed E-state index contributed by atoms with van der Waals surface area (Å²) in [5.41, 5.74) is -4.37. The zero-order valence-corrected chi connectivity index (χ0v) is 14.4. The number of aliphatic hydroxyl groups excluding tert-OH is 1. The van der Waals surface area contributed by atoms with Crippen LogP contribution in [0.5, 0.6) is 0 Å². The van der Waals surface area contributed by atoms with Crippen LogP contribution >= 0.6 is 0 Å². The summed E-state index contributed by atoms with van der Waals surface area (Å²) in [6, 6.07) is 4.19. The summed E-state index contributed by atoms with van der Waals surface area (Å²) in [6.45, 7) is 3.17. The number of alkyl halides is 3. The number of anilines is 1. The van der Waals surface area contributed by atoms with Gasteiger partial charge in [0.25, 0.3) is 0 Å². The SMILES string of the molecule is C[C@@]12O[C@@](C)(C[C@H]1O)[C@@H]1C(=O)N(c3ccc(C#N)c(C(F)(F)F)c3)C(=O)[C@H]12. The number of fused-ring (bicyclic) bond motifs is 5. The first-order valence-corrected chi connectivity index (χ1v) is 8.31. The van der Waals surface area contributed by atoms with Gasteiger partial charge in [-0.25, -0.2) is 4.90 Å². The number of halogens is 3. The van der Waals surface area contributed by atoms with Crippen molar-refractivity contribution >= 4 is 17.5 Å². The Hall–Kier alpha value is -2.44. The molecule has 0 aromatic heterocycles. The van der Waals surface area contributed by atoms with Crippen molar-refractivity contribution < 1.29 is 32.6 Å². The Balaban J connectivity index is 1.81. The predicted molar refractivity (Wildman–Crippen MR) is 84.2 cm³/mol. The number of amides is 2. The van der Waals surface area contributed by atoms with E-state index in [1.54, 1.807) is 13.8 Å². The Morgan fingerprint density at radius 2 is 1.89 bits per heavy atom. The van der Waals surface area contributed by atoms with E-state index in [2.05, 4.69) is 0 Å². The first-order chi connectivity index (χ1) is 12.4. The molecule has 9 heteroatoms. The van der Waals surface area contributed by atoms with Gasteiger partial charge in [-0.3, -0.25) is 9.59 Å². The number of ether oxygens (including phenoxy) is 1. The molecule has 1 N–H and O–H groups in total. The van der Waals surface area contributed by atoms with Gasteiger partial charge >= 0.3 is 6.18 Å². The maximum atomic E-state index is 13.2. The number of carbonyl (C=O) groups is 2. The molecule has 3 heterocycles. The number of hydrogen-bond acceptors (Lipinski definition) is 5. The summed E-state index contributed by atoms with van der Waals surface area (Å²) in [4.78, 5) is 26.6. The van der Waals surface area contributed by atoms with Gasteiger partial charge in [-0.05, 0) is 32.0 Å². The van der Waals surface area contributed by atoms with Crippen LogP contribution < -0.4 is 4.90 Å². The summed E-state index contributed by atoms with van der Waals surface area (Å²) >= 11 is 0. The van der Waals surface area contributed by atoms with Gasteiger partial charge in [0.1, 0.15) is 5.60 Å². The minimum atomic E-state index is -4.81. The second-order valence-corrected chi connectivity index (χ2v) is 7.63. The number of nitriles is 1.